The van der Waals surface area contributed by atoms with Crippen LogP contribution in [0.2, 0.25) is 0 Å². The van der Waals surface area contributed by atoms with Crippen LogP contribution in [0, 0.1) is 0 Å². The molecule has 0 spiro atoms. The number of hydrogen-bond acceptors (Lipinski definition) is 4. The zero-order valence-electron chi connectivity index (χ0n) is 7.86. The van der Waals surface area contributed by atoms with Crippen molar-refractivity contribution in [3.05, 3.63) is 24.0 Å². The highest BCUT2D eigenvalue weighted by atomic mass is 35.5. The van der Waals surface area contributed by atoms with Gasteiger partial charge in [-0.05, 0) is 19.9 Å². The molecule has 1 aromatic heterocycles. The maximum absolute atomic E-state index is 11.1. The van der Waals surface area contributed by atoms with Crippen molar-refractivity contribution < 1.29 is 13.8 Å². The van der Waals surface area contributed by atoms with E-state index >= 15 is 0 Å². The van der Waals surface area contributed by atoms with Crippen LogP contribution < -0.4 is 4.74 Å². The SMILES string of the molecule is CC(C)Oc1ccncc1C(=O)OCl. The number of pyridine rings is 1. The molecule has 0 saturated carbocycles. The summed E-state index contributed by atoms with van der Waals surface area (Å²) in [5.41, 5.74) is 0.219. The van der Waals surface area contributed by atoms with Gasteiger partial charge in [0.2, 0.25) is 0 Å². The molecule has 0 fully saturated rings. The predicted molar refractivity (Wildman–Crippen MR) is 51.3 cm³/mol. The molecular weight excluding hydrogens is 206 g/mol. The number of hydrogen-bond donors (Lipinski definition) is 0. The number of carbonyl (C=O) groups is 1. The first kappa shape index (κ1) is 10.8. The van der Waals surface area contributed by atoms with Gasteiger partial charge in [0, 0.05) is 12.4 Å². The molecule has 0 radical (unpaired) electrons. The number of nitrogens with zero attached hydrogens (tertiary/aromatic N) is 1. The minimum atomic E-state index is -0.671. The molecule has 0 saturated heterocycles. The molecule has 4 nitrogen and oxygen atoms in total. The molecule has 0 aromatic carbocycles. The molecule has 0 unspecified atom stereocenters. The Morgan fingerprint density at radius 2 is 2.29 bits per heavy atom. The van der Waals surface area contributed by atoms with Gasteiger partial charge in [-0.25, -0.2) is 4.79 Å². The van der Waals surface area contributed by atoms with Gasteiger partial charge in [-0.2, -0.15) is 0 Å². The smallest absolute Gasteiger partial charge is 0.361 e. The summed E-state index contributed by atoms with van der Waals surface area (Å²) in [7, 11) is 0. The predicted octanol–water partition coefficient (Wildman–Crippen LogP) is 2.18. The van der Waals surface area contributed by atoms with Crippen LogP contribution in [-0.4, -0.2) is 17.1 Å². The number of rotatable bonds is 3. The Bertz CT molecular complexity index is 328. The minimum Gasteiger partial charge on any atom is -0.490 e. The van der Waals surface area contributed by atoms with E-state index in [9.17, 15) is 4.79 Å². The maximum Gasteiger partial charge on any atom is 0.361 e. The lowest BCUT2D eigenvalue weighted by Crippen LogP contribution is -2.10. The Hall–Kier alpha value is -1.29. The molecule has 0 atom stereocenters. The second kappa shape index (κ2) is 4.81. The zero-order chi connectivity index (χ0) is 10.6. The first-order valence-corrected chi connectivity index (χ1v) is 4.39. The van der Waals surface area contributed by atoms with E-state index in [1.54, 1.807) is 6.07 Å². The average Bonchev–Trinajstić information content (AvgIpc) is 2.16. The highest BCUT2D eigenvalue weighted by Gasteiger charge is 2.14. The van der Waals surface area contributed by atoms with E-state index in [1.807, 2.05) is 13.8 Å². The first-order valence-electron chi connectivity index (χ1n) is 4.08. The quantitative estimate of drug-likeness (QED) is 0.776. The van der Waals surface area contributed by atoms with Gasteiger partial charge in [-0.1, -0.05) is 0 Å². The summed E-state index contributed by atoms with van der Waals surface area (Å²) >= 11 is 4.96. The van der Waals surface area contributed by atoms with Gasteiger partial charge in [-0.3, -0.25) is 4.98 Å². The Labute approximate surface area is 87.0 Å². The zero-order valence-corrected chi connectivity index (χ0v) is 8.62. The second-order valence-electron chi connectivity index (χ2n) is 2.90. The standard InChI is InChI=1S/C9H10ClNO3/c1-6(2)13-8-3-4-11-5-7(8)9(12)14-10/h3-6H,1-2H3. The third kappa shape index (κ3) is 2.60. The van der Waals surface area contributed by atoms with E-state index in [0.717, 1.165) is 0 Å². The second-order valence-corrected chi connectivity index (χ2v) is 3.06. The van der Waals surface area contributed by atoms with Crippen molar-refractivity contribution in [2.45, 2.75) is 20.0 Å². The molecule has 76 valence electrons. The fraction of sp³-hybridized carbons (Fsp3) is 0.333. The fourth-order valence-corrected chi connectivity index (χ4v) is 1.02. The van der Waals surface area contributed by atoms with Crippen molar-refractivity contribution in [1.82, 2.24) is 4.98 Å². The molecule has 14 heavy (non-hydrogen) atoms. The molecule has 0 aliphatic rings. The van der Waals surface area contributed by atoms with E-state index < -0.39 is 5.97 Å². The van der Waals surface area contributed by atoms with Crippen molar-refractivity contribution in [2.24, 2.45) is 0 Å². The van der Waals surface area contributed by atoms with Crippen molar-refractivity contribution >= 4 is 17.8 Å². The third-order valence-corrected chi connectivity index (χ3v) is 1.57. The molecule has 1 rings (SSSR count). The van der Waals surface area contributed by atoms with Gasteiger partial charge in [0.1, 0.15) is 23.2 Å². The molecule has 5 heteroatoms. The Morgan fingerprint density at radius 3 is 2.86 bits per heavy atom. The number of halogens is 1. The Balaban J connectivity index is 2.97. The molecule has 0 aliphatic carbocycles. The van der Waals surface area contributed by atoms with Gasteiger partial charge >= 0.3 is 5.97 Å². The summed E-state index contributed by atoms with van der Waals surface area (Å²) in [6.07, 6.45) is 2.85. The molecule has 1 aromatic rings. The van der Waals surface area contributed by atoms with E-state index in [2.05, 4.69) is 9.27 Å². The van der Waals surface area contributed by atoms with Crippen LogP contribution in [0.5, 0.6) is 5.75 Å². The van der Waals surface area contributed by atoms with Crippen LogP contribution in [0.3, 0.4) is 0 Å². The molecule has 0 N–H and O–H groups in total. The molecule has 0 amide bonds. The topological polar surface area (TPSA) is 48.4 Å². The van der Waals surface area contributed by atoms with E-state index in [4.69, 9.17) is 16.6 Å². The van der Waals surface area contributed by atoms with Crippen LogP contribution >= 0.6 is 11.9 Å². The lowest BCUT2D eigenvalue weighted by molar-refractivity contribution is 0.0744. The molecule has 0 bridgehead atoms. The Morgan fingerprint density at radius 1 is 1.57 bits per heavy atom. The lowest BCUT2D eigenvalue weighted by atomic mass is 10.2. The highest BCUT2D eigenvalue weighted by Crippen LogP contribution is 2.19. The summed E-state index contributed by atoms with van der Waals surface area (Å²) in [6, 6.07) is 1.59. The van der Waals surface area contributed by atoms with Crippen LogP contribution in [0.4, 0.5) is 0 Å². The fourth-order valence-electron chi connectivity index (χ4n) is 0.933. The van der Waals surface area contributed by atoms with Crippen molar-refractivity contribution in [1.29, 1.82) is 0 Å². The van der Waals surface area contributed by atoms with Crippen LogP contribution in [-0.2, 0) is 4.29 Å². The largest absolute Gasteiger partial charge is 0.490 e. The summed E-state index contributed by atoms with van der Waals surface area (Å²) < 4.78 is 9.44. The monoisotopic (exact) mass is 215 g/mol. The Kier molecular flexibility index (Phi) is 3.71. The van der Waals surface area contributed by atoms with E-state index in [-0.39, 0.29) is 11.7 Å². The van der Waals surface area contributed by atoms with Gasteiger partial charge < -0.3 is 9.03 Å². The lowest BCUT2D eigenvalue weighted by Gasteiger charge is -2.11. The van der Waals surface area contributed by atoms with E-state index in [0.29, 0.717) is 5.75 Å². The number of ether oxygens (including phenoxy) is 1. The number of aromatic nitrogens is 1. The summed E-state index contributed by atoms with van der Waals surface area (Å²) in [4.78, 5) is 14.9. The third-order valence-electron chi connectivity index (χ3n) is 1.43. The summed E-state index contributed by atoms with van der Waals surface area (Å²) in [5.74, 6) is -0.254. The molecule has 1 heterocycles. The first-order chi connectivity index (χ1) is 6.65. The average molecular weight is 216 g/mol. The van der Waals surface area contributed by atoms with E-state index in [1.165, 1.54) is 12.4 Å². The van der Waals surface area contributed by atoms with Crippen molar-refractivity contribution in [2.75, 3.05) is 0 Å². The van der Waals surface area contributed by atoms with Gasteiger partial charge in [0.15, 0.2) is 0 Å². The van der Waals surface area contributed by atoms with Gasteiger partial charge in [-0.15, -0.1) is 0 Å². The molecule has 0 aliphatic heterocycles. The maximum atomic E-state index is 11.1. The van der Waals surface area contributed by atoms with Gasteiger partial charge in [0.05, 0.1) is 6.10 Å². The van der Waals surface area contributed by atoms with Crippen LogP contribution in [0.25, 0.3) is 0 Å². The number of carbonyl (C=O) groups excluding carboxylic acids is 1. The van der Waals surface area contributed by atoms with Crippen molar-refractivity contribution in [3.8, 4) is 5.75 Å². The minimum absolute atomic E-state index is 0.0284. The summed E-state index contributed by atoms with van der Waals surface area (Å²) in [6.45, 7) is 3.71. The van der Waals surface area contributed by atoms with Gasteiger partial charge in [0.25, 0.3) is 0 Å². The molecular formula is C9H10ClNO3. The normalized spacial score (nSPS) is 10.0. The van der Waals surface area contributed by atoms with Crippen molar-refractivity contribution in [3.63, 3.8) is 0 Å². The highest BCUT2D eigenvalue weighted by molar-refractivity contribution is 6.16. The van der Waals surface area contributed by atoms with Crippen LogP contribution in [0.15, 0.2) is 18.5 Å². The van der Waals surface area contributed by atoms with Crippen LogP contribution in [0.1, 0.15) is 24.2 Å². The summed E-state index contributed by atoms with van der Waals surface area (Å²) in [5, 5.41) is 0.